The summed E-state index contributed by atoms with van der Waals surface area (Å²) in [4.78, 5) is 39.5. The zero-order valence-electron chi connectivity index (χ0n) is 38.8. The van der Waals surface area contributed by atoms with Gasteiger partial charge >= 0.3 is 11.9 Å². The van der Waals surface area contributed by atoms with E-state index in [1.54, 1.807) is 7.11 Å². The van der Waals surface area contributed by atoms with Gasteiger partial charge in [0.25, 0.3) is 0 Å². The highest BCUT2D eigenvalue weighted by Crippen LogP contribution is 2.86. The summed E-state index contributed by atoms with van der Waals surface area (Å²) in [6.45, 7) is 11.7. The minimum Gasteiger partial charge on any atom is -0.481 e. The molecule has 0 unspecified atom stereocenters. The molecule has 2 bridgehead atoms. The zero-order valence-corrected chi connectivity index (χ0v) is 38.8. The van der Waals surface area contributed by atoms with Gasteiger partial charge in [0.05, 0.1) is 29.6 Å². The van der Waals surface area contributed by atoms with E-state index in [0.717, 1.165) is 70.0 Å². The zero-order chi connectivity index (χ0) is 46.0. The molecule has 7 fully saturated rings. The molecular formula is C50H76N2O12. The van der Waals surface area contributed by atoms with Crippen molar-refractivity contribution in [3.8, 4) is 0 Å². The number of carbonyl (C=O) groups is 3. The van der Waals surface area contributed by atoms with Crippen molar-refractivity contribution in [1.29, 1.82) is 0 Å². The Morgan fingerprint density at radius 2 is 1.75 bits per heavy atom. The first-order chi connectivity index (χ1) is 30.3. The Bertz CT molecular complexity index is 1910. The summed E-state index contributed by atoms with van der Waals surface area (Å²) in [6, 6.07) is 0. The van der Waals surface area contributed by atoms with Gasteiger partial charge < -0.3 is 60.3 Å². The van der Waals surface area contributed by atoms with Crippen LogP contribution in [0, 0.1) is 79.3 Å². The third-order valence-corrected chi connectivity index (χ3v) is 20.8. The van der Waals surface area contributed by atoms with Crippen molar-refractivity contribution in [2.45, 2.75) is 148 Å². The predicted octanol–water partition coefficient (Wildman–Crippen LogP) is 3.93. The first-order valence-corrected chi connectivity index (χ1v) is 24.5. The van der Waals surface area contributed by atoms with Gasteiger partial charge in [-0.25, -0.2) is 4.79 Å². The largest absolute Gasteiger partial charge is 0.481 e. The molecule has 1 aliphatic heterocycles. The molecule has 9 aliphatic rings. The minimum atomic E-state index is -1.82. The summed E-state index contributed by atoms with van der Waals surface area (Å²) < 4.78 is 18.5. The molecule has 20 atom stereocenters. The van der Waals surface area contributed by atoms with Crippen LogP contribution in [0.15, 0.2) is 23.8 Å². The predicted molar refractivity (Wildman–Crippen MR) is 234 cm³/mol. The number of hydrogen-bond donors (Lipinski definition) is 8. The van der Waals surface area contributed by atoms with Gasteiger partial charge in [0, 0.05) is 38.0 Å². The summed E-state index contributed by atoms with van der Waals surface area (Å²) in [5.41, 5.74) is -3.53. The van der Waals surface area contributed by atoms with E-state index in [4.69, 9.17) is 14.2 Å². The molecular weight excluding hydrogens is 821 g/mol. The number of aliphatic carboxylic acids is 2. The SMILES string of the molecule is CNCCNC[C@@H]1C[C@H]2C=C3[C@@]4(CCC=O)[C@H](CCC[C@]45CC[C@H]4C(C)(C)[C@@H](O[C@@H]6O[C@H](C(=O)O)[C@@H](O)[C@H](O)[C@H]6O)C[C@@H]1[C@]4(C)[C@@H]25)C[C@@]1(C(=O)O)[C@@H](COC)C[C@]2(C)CC=C[C@]31[C@@H]2O. The number of aliphatic hydroxyl groups is 4. The highest BCUT2D eigenvalue weighted by Gasteiger charge is 2.83. The third-order valence-electron chi connectivity index (χ3n) is 20.8. The topological polar surface area (TPSA) is 224 Å². The van der Waals surface area contributed by atoms with E-state index < -0.39 is 81.9 Å². The Morgan fingerprint density at radius 3 is 2.44 bits per heavy atom. The van der Waals surface area contributed by atoms with Gasteiger partial charge in [0.15, 0.2) is 12.4 Å². The summed E-state index contributed by atoms with van der Waals surface area (Å²) in [7, 11) is 3.59. The number of hydrogen-bond acceptors (Lipinski definition) is 12. The number of aliphatic hydroxyl groups excluding tert-OH is 4. The van der Waals surface area contributed by atoms with Crippen molar-refractivity contribution in [3.63, 3.8) is 0 Å². The number of fused-ring (bicyclic) bond motifs is 1. The van der Waals surface area contributed by atoms with Crippen LogP contribution in [0.5, 0.6) is 0 Å². The quantitative estimate of drug-likeness (QED) is 0.0536. The molecule has 64 heavy (non-hydrogen) atoms. The maximum Gasteiger partial charge on any atom is 0.335 e. The van der Waals surface area contributed by atoms with E-state index in [1.165, 1.54) is 0 Å². The standard InChI is InChI=1S/C50H76N2O12/c1-44(2)32-11-16-47-13-7-10-29-24-50(43(60)61)30(26-62-6)23-45(3)12-8-14-49(50,42(45)59)33(48(29,47)15-9-19-53)21-27-20-28(25-52-18-17-51-5)31(46(32,4)39(27)47)22-34(44)63-41-37(56)35(54)36(55)38(64-41)40(57)58/h8,14,19,21,27-32,34-39,41-42,51-52,54-56,59H,7,9-13,15-18,20,22-26H2,1-6H3,(H,57,58)(H,60,61)/t27-,28-,29+,30+,31-,32-,34-,35-,36-,37+,38-,39+,41+,42+,45-,46-,47+,48+,49+,50-/m0/s1. The van der Waals surface area contributed by atoms with Gasteiger partial charge in [0.1, 0.15) is 24.6 Å². The van der Waals surface area contributed by atoms with Gasteiger partial charge in [-0.05, 0) is 135 Å². The van der Waals surface area contributed by atoms with E-state index in [-0.39, 0.29) is 52.3 Å². The number of rotatable bonds is 14. The fourth-order valence-corrected chi connectivity index (χ4v) is 18.8. The van der Waals surface area contributed by atoms with Crippen molar-refractivity contribution in [3.05, 3.63) is 23.8 Å². The van der Waals surface area contributed by atoms with Gasteiger partial charge in [0.2, 0.25) is 0 Å². The first-order valence-electron chi connectivity index (χ1n) is 24.5. The molecule has 9 rings (SSSR count). The molecule has 2 spiro atoms. The molecule has 0 aromatic rings. The van der Waals surface area contributed by atoms with Gasteiger partial charge in [-0.1, -0.05) is 57.9 Å². The molecule has 8 aliphatic carbocycles. The molecule has 8 N–H and O–H groups in total. The smallest absolute Gasteiger partial charge is 0.335 e. The van der Waals surface area contributed by atoms with E-state index in [2.05, 4.69) is 56.6 Å². The summed E-state index contributed by atoms with van der Waals surface area (Å²) in [5.74, 6) is -2.01. The number of aldehydes is 1. The van der Waals surface area contributed by atoms with Crippen LogP contribution in [0.25, 0.3) is 0 Å². The number of carboxylic acids is 2. The van der Waals surface area contributed by atoms with Crippen LogP contribution in [0.1, 0.15) is 105 Å². The number of carboxylic acid groups (broad SMARTS) is 2. The van der Waals surface area contributed by atoms with Crippen molar-refractivity contribution < 1.29 is 59.2 Å². The summed E-state index contributed by atoms with van der Waals surface area (Å²) in [5, 5.41) is 74.6. The number of likely N-dealkylation sites (N-methyl/N-ethyl adjacent to an activating group) is 1. The molecule has 358 valence electrons. The molecule has 0 aromatic heterocycles. The lowest BCUT2D eigenvalue weighted by molar-refractivity contribution is -0.341. The van der Waals surface area contributed by atoms with Crippen LogP contribution in [-0.4, -0.2) is 132 Å². The van der Waals surface area contributed by atoms with Gasteiger partial charge in [-0.3, -0.25) is 4.79 Å². The normalized spacial score (nSPS) is 51.8. The summed E-state index contributed by atoms with van der Waals surface area (Å²) >= 11 is 0. The number of allylic oxidation sites excluding steroid dienone is 2. The lowest BCUT2D eigenvalue weighted by atomic mass is 9.22. The Labute approximate surface area is 378 Å². The molecule has 14 nitrogen and oxygen atoms in total. The van der Waals surface area contributed by atoms with Crippen molar-refractivity contribution >= 4 is 18.2 Å². The molecule has 14 heteroatoms. The van der Waals surface area contributed by atoms with Crippen molar-refractivity contribution in [2.75, 3.05) is 40.4 Å². The number of methoxy groups -OCH3 is 1. The second kappa shape index (κ2) is 16.2. The molecule has 1 saturated heterocycles. The Hall–Kier alpha value is -2.27. The lowest BCUT2D eigenvalue weighted by Crippen LogP contribution is -2.78. The molecule has 0 radical (unpaired) electrons. The fourth-order valence-electron chi connectivity index (χ4n) is 18.8. The highest BCUT2D eigenvalue weighted by molar-refractivity contribution is 5.80. The van der Waals surface area contributed by atoms with E-state index in [0.29, 0.717) is 45.1 Å². The third kappa shape index (κ3) is 5.91. The molecule has 0 amide bonds. The summed E-state index contributed by atoms with van der Waals surface area (Å²) in [6.07, 6.45) is 6.53. The Kier molecular flexibility index (Phi) is 11.8. The van der Waals surface area contributed by atoms with E-state index >= 15 is 0 Å². The van der Waals surface area contributed by atoms with Crippen LogP contribution in [0.2, 0.25) is 0 Å². The fraction of sp³-hybridized carbons (Fsp3) is 0.860. The van der Waals surface area contributed by atoms with Crippen molar-refractivity contribution in [1.82, 2.24) is 10.6 Å². The van der Waals surface area contributed by atoms with Crippen LogP contribution in [0.4, 0.5) is 0 Å². The first kappa shape index (κ1) is 46.8. The van der Waals surface area contributed by atoms with Gasteiger partial charge in [-0.2, -0.15) is 0 Å². The maximum atomic E-state index is 14.6. The molecule has 0 aromatic carbocycles. The average Bonchev–Trinajstić information content (AvgIpc) is 3.23. The maximum absolute atomic E-state index is 14.6. The Morgan fingerprint density at radius 1 is 0.984 bits per heavy atom. The van der Waals surface area contributed by atoms with E-state index in [1.807, 2.05) is 7.05 Å². The van der Waals surface area contributed by atoms with E-state index in [9.17, 15) is 45.0 Å². The highest BCUT2D eigenvalue weighted by atomic mass is 16.7. The molecule has 6 saturated carbocycles. The number of carbonyl (C=O) groups excluding carboxylic acids is 1. The van der Waals surface area contributed by atoms with Crippen LogP contribution in [0.3, 0.4) is 0 Å². The second-order valence-corrected chi connectivity index (χ2v) is 23.3. The number of nitrogens with one attached hydrogen (secondary N) is 2. The lowest BCUT2D eigenvalue weighted by Gasteiger charge is -2.81. The molecule has 1 heterocycles. The monoisotopic (exact) mass is 897 g/mol. The van der Waals surface area contributed by atoms with Crippen molar-refractivity contribution in [2.24, 2.45) is 79.3 Å². The second-order valence-electron chi connectivity index (χ2n) is 23.3. The van der Waals surface area contributed by atoms with Gasteiger partial charge in [-0.15, -0.1) is 0 Å². The van der Waals surface area contributed by atoms with Crippen LogP contribution < -0.4 is 10.6 Å². The van der Waals surface area contributed by atoms with Crippen LogP contribution in [-0.2, 0) is 28.6 Å². The minimum absolute atomic E-state index is 0.0116. The Balaban J connectivity index is 1.23. The van der Waals surface area contributed by atoms with Crippen LogP contribution >= 0.6 is 0 Å². The average molecular weight is 897 g/mol. The number of ether oxygens (including phenoxy) is 3.